The Morgan fingerprint density at radius 3 is 1.84 bits per heavy atom. The number of aldehydes is 1. The predicted octanol–water partition coefficient (Wildman–Crippen LogP) is 1.70. The number of ether oxygens (including phenoxy) is 6. The van der Waals surface area contributed by atoms with E-state index in [1.54, 1.807) is 19.3 Å². The Hall–Kier alpha value is -4.48. The summed E-state index contributed by atoms with van der Waals surface area (Å²) in [6, 6.07) is 0. The Bertz CT molecular complexity index is 749. The van der Waals surface area contributed by atoms with Crippen molar-refractivity contribution >= 4 is 36.6 Å². The van der Waals surface area contributed by atoms with Gasteiger partial charge in [0.25, 0.3) is 0 Å². The number of hydrogen-bond acceptors (Lipinski definition) is 14. The monoisotopic (exact) mass is 624 g/mol. The molecule has 0 saturated carbocycles. The second kappa shape index (κ2) is 39.7. The second-order valence-corrected chi connectivity index (χ2v) is 6.36. The molecule has 0 heterocycles. The van der Waals surface area contributed by atoms with E-state index >= 15 is 0 Å². The summed E-state index contributed by atoms with van der Waals surface area (Å²) >= 11 is 0. The maximum Gasteiger partial charge on any atom is 0.433 e. The fourth-order valence-corrected chi connectivity index (χ4v) is 1.93. The Morgan fingerprint density at radius 1 is 0.791 bits per heavy atom. The molecule has 43 heavy (non-hydrogen) atoms. The topological polar surface area (TPSA) is 224 Å². The van der Waals surface area contributed by atoms with E-state index in [-0.39, 0.29) is 59.3 Å². The van der Waals surface area contributed by atoms with Gasteiger partial charge in [-0.05, 0) is 26.8 Å². The molecular formula is C25H44N4O14. The lowest BCUT2D eigenvalue weighted by Gasteiger charge is -2.18. The average molecular weight is 625 g/mol. The smallest absolute Gasteiger partial charge is 0.433 e. The highest BCUT2D eigenvalue weighted by atomic mass is 17.3. The zero-order valence-corrected chi connectivity index (χ0v) is 24.7. The number of amides is 4. The van der Waals surface area contributed by atoms with Crippen molar-refractivity contribution in [3.8, 4) is 0 Å². The van der Waals surface area contributed by atoms with Crippen molar-refractivity contribution in [1.29, 1.82) is 0 Å². The summed E-state index contributed by atoms with van der Waals surface area (Å²) in [6.45, 7) is 17.6. The van der Waals surface area contributed by atoms with Crippen molar-refractivity contribution in [3.63, 3.8) is 0 Å². The predicted molar refractivity (Wildman–Crippen MR) is 151 cm³/mol. The molecule has 4 N–H and O–H groups in total. The van der Waals surface area contributed by atoms with Crippen LogP contribution in [0.5, 0.6) is 0 Å². The van der Waals surface area contributed by atoms with Gasteiger partial charge in [0.2, 0.25) is 0 Å². The molecule has 0 aliphatic heterocycles. The Kier molecular flexibility index (Phi) is 42.0. The van der Waals surface area contributed by atoms with E-state index in [4.69, 9.17) is 23.7 Å². The minimum atomic E-state index is -1.05. The van der Waals surface area contributed by atoms with Crippen LogP contribution in [0.1, 0.15) is 26.7 Å². The molecule has 18 heteroatoms. The molecule has 0 aromatic rings. The van der Waals surface area contributed by atoms with E-state index in [0.29, 0.717) is 6.42 Å². The molecule has 248 valence electrons. The summed E-state index contributed by atoms with van der Waals surface area (Å²) in [4.78, 5) is 73.4. The first-order valence-corrected chi connectivity index (χ1v) is 12.5. The summed E-state index contributed by atoms with van der Waals surface area (Å²) in [7, 11) is 0. The van der Waals surface area contributed by atoms with E-state index in [1.807, 2.05) is 0 Å². The molecule has 0 rings (SSSR count). The molecule has 4 amide bonds. The van der Waals surface area contributed by atoms with E-state index < -0.39 is 37.2 Å². The third-order valence-electron chi connectivity index (χ3n) is 3.47. The first-order valence-electron chi connectivity index (χ1n) is 12.5. The van der Waals surface area contributed by atoms with Gasteiger partial charge >= 0.3 is 24.4 Å². The maximum atomic E-state index is 11.8. The largest absolute Gasteiger partial charge is 0.450 e. The van der Waals surface area contributed by atoms with Gasteiger partial charge in [-0.2, -0.15) is 10.4 Å². The van der Waals surface area contributed by atoms with Crippen LogP contribution >= 0.6 is 0 Å². The second-order valence-electron chi connectivity index (χ2n) is 6.36. The van der Waals surface area contributed by atoms with Crippen molar-refractivity contribution in [1.82, 2.24) is 21.4 Å². The van der Waals surface area contributed by atoms with Crippen molar-refractivity contribution in [3.05, 3.63) is 32.9 Å². The van der Waals surface area contributed by atoms with Gasteiger partial charge < -0.3 is 38.5 Å². The van der Waals surface area contributed by atoms with Crippen LogP contribution < -0.4 is 21.4 Å². The Morgan fingerprint density at radius 2 is 1.30 bits per heavy atom. The normalized spacial score (nSPS) is 9.53. The number of carbonyl (C=O) groups excluding carboxylic acids is 6. The van der Waals surface area contributed by atoms with Crippen molar-refractivity contribution < 1.29 is 67.1 Å². The minimum Gasteiger partial charge on any atom is -0.450 e. The van der Waals surface area contributed by atoms with E-state index in [0.717, 1.165) is 6.29 Å². The molecule has 0 spiro atoms. The summed E-state index contributed by atoms with van der Waals surface area (Å²) in [5.41, 5.74) is 1.80. The number of unbranched alkanes of at least 4 members (excludes halogenated alkanes) is 1. The van der Waals surface area contributed by atoms with Crippen LogP contribution in [0.15, 0.2) is 32.9 Å². The third-order valence-corrected chi connectivity index (χ3v) is 3.47. The number of nitrogens with one attached hydrogen (secondary N) is 4. The Labute approximate surface area is 250 Å². The van der Waals surface area contributed by atoms with Crippen molar-refractivity contribution in [2.24, 2.45) is 0 Å². The van der Waals surface area contributed by atoms with Gasteiger partial charge in [-0.1, -0.05) is 0 Å². The Balaban J connectivity index is -0.000000994. The van der Waals surface area contributed by atoms with Crippen LogP contribution in [-0.4, -0.2) is 102 Å². The molecule has 0 aliphatic carbocycles. The first-order chi connectivity index (χ1) is 20.8. The molecule has 0 aromatic carbocycles. The van der Waals surface area contributed by atoms with Gasteiger partial charge in [0.1, 0.15) is 38.3 Å². The molecule has 18 nitrogen and oxygen atoms in total. The van der Waals surface area contributed by atoms with Gasteiger partial charge in [-0.3, -0.25) is 10.6 Å². The first kappa shape index (κ1) is 45.5. The highest BCUT2D eigenvalue weighted by molar-refractivity contribution is 5.67. The van der Waals surface area contributed by atoms with E-state index in [9.17, 15) is 24.0 Å². The quantitative estimate of drug-likeness (QED) is 0.0221. The number of rotatable bonds is 20. The molecule has 0 aromatic heterocycles. The van der Waals surface area contributed by atoms with E-state index in [2.05, 4.69) is 68.2 Å². The fourth-order valence-electron chi connectivity index (χ4n) is 1.93. The average Bonchev–Trinajstić information content (AvgIpc) is 3.00. The third kappa shape index (κ3) is 39.7. The molecule has 0 bridgehead atoms. The molecule has 0 radical (unpaired) electrons. The zero-order chi connectivity index (χ0) is 33.6. The summed E-state index contributed by atoms with van der Waals surface area (Å²) in [5, 5.41) is 6.93. The van der Waals surface area contributed by atoms with Gasteiger partial charge in [0.05, 0.1) is 19.8 Å². The van der Waals surface area contributed by atoms with Crippen LogP contribution in [0.3, 0.4) is 0 Å². The maximum absolute atomic E-state index is 11.8. The van der Waals surface area contributed by atoms with Crippen molar-refractivity contribution in [2.75, 3.05) is 59.6 Å². The van der Waals surface area contributed by atoms with Crippen molar-refractivity contribution in [2.45, 2.75) is 32.8 Å². The highest BCUT2D eigenvalue weighted by Crippen LogP contribution is 1.99. The van der Waals surface area contributed by atoms with Crippen LogP contribution in [-0.2, 0) is 47.9 Å². The molecule has 1 atom stereocenters. The number of carbonyl (C=O) groups is 5. The van der Waals surface area contributed by atoms with Gasteiger partial charge in [0.15, 0.2) is 6.73 Å². The number of hydrogen-bond donors (Lipinski definition) is 4. The highest BCUT2D eigenvalue weighted by Gasteiger charge is 2.16. The zero-order valence-electron chi connectivity index (χ0n) is 24.7. The summed E-state index contributed by atoms with van der Waals surface area (Å²) < 4.78 is 29.7. The molecule has 0 fully saturated rings. The standard InChI is InChI=1S/C19H34N4O13.C2H2O.2C2H4/c1-3-30-17(26)21-13-29-10-7-20-16(25)33-11-15(32-9-6-5-8-24)12-34-19(28)23-36-35-14-22-18(27)31-4-2;1-2-3;2*1-2/h8,15H,3-7,9-14H2,1-2H3,(H,20,25)(H,21,26)(H,22,27)(H,23,28);1H2;2*1-2H2. The lowest BCUT2D eigenvalue weighted by Crippen LogP contribution is -2.36. The minimum absolute atomic E-state index is 0.0911. The van der Waals surface area contributed by atoms with Crippen LogP contribution in [0.4, 0.5) is 19.2 Å². The lowest BCUT2D eigenvalue weighted by atomic mass is 10.3. The fraction of sp³-hybridized carbons (Fsp3) is 0.560. The number of alkyl carbamates (subject to hydrolysis) is 3. The number of hydroxylamine groups is 1. The lowest BCUT2D eigenvalue weighted by molar-refractivity contribution is -0.329. The molecular weight excluding hydrogens is 580 g/mol. The summed E-state index contributed by atoms with van der Waals surface area (Å²) in [5.74, 6) is 1.25. The molecule has 0 aliphatic rings. The van der Waals surface area contributed by atoms with Crippen LogP contribution in [0, 0.1) is 0 Å². The van der Waals surface area contributed by atoms with Crippen LogP contribution in [0.25, 0.3) is 0 Å². The SMILES string of the molecule is C=C.C=C.C=C=O.CCOC(=O)NCOCCNC(=O)OCC(COC(=O)NOOCNC(=O)OCC)OCCCC=O. The molecule has 1 unspecified atom stereocenters. The van der Waals surface area contributed by atoms with Gasteiger partial charge in [-0.25, -0.2) is 24.0 Å². The molecule has 0 saturated heterocycles. The summed E-state index contributed by atoms with van der Waals surface area (Å²) in [6.07, 6.45) is -2.62. The van der Waals surface area contributed by atoms with Gasteiger partial charge in [0, 0.05) is 19.6 Å². The van der Waals surface area contributed by atoms with Crippen LogP contribution in [0.2, 0.25) is 0 Å². The van der Waals surface area contributed by atoms with E-state index in [1.165, 1.54) is 5.94 Å². The van der Waals surface area contributed by atoms with Gasteiger partial charge in [-0.15, -0.1) is 31.3 Å².